The lowest BCUT2D eigenvalue weighted by atomic mass is 10.0. The Balaban J connectivity index is 1.88. The van der Waals surface area contributed by atoms with E-state index in [1.54, 1.807) is 0 Å². The van der Waals surface area contributed by atoms with Gasteiger partial charge in [0.25, 0.3) is 0 Å². The van der Waals surface area contributed by atoms with Crippen molar-refractivity contribution in [1.82, 2.24) is 0 Å². The molecule has 0 radical (unpaired) electrons. The van der Waals surface area contributed by atoms with Gasteiger partial charge in [-0.25, -0.2) is 0 Å². The number of fused-ring (bicyclic) bond motifs is 2. The molecule has 3 aromatic rings. The van der Waals surface area contributed by atoms with Crippen LogP contribution in [0.25, 0.3) is 21.5 Å². The van der Waals surface area contributed by atoms with Crippen molar-refractivity contribution in [3.05, 3.63) is 54.6 Å². The van der Waals surface area contributed by atoms with Crippen molar-refractivity contribution in [3.63, 3.8) is 0 Å². The van der Waals surface area contributed by atoms with E-state index in [0.717, 1.165) is 33.7 Å². The average Bonchev–Trinajstić information content (AvgIpc) is 2.59. The first-order valence-electron chi connectivity index (χ1n) is 8.08. The van der Waals surface area contributed by atoms with Crippen molar-refractivity contribution >= 4 is 21.5 Å². The number of aliphatic hydroxyl groups excluding tert-OH is 1. The number of benzene rings is 3. The fourth-order valence-corrected chi connectivity index (χ4v) is 2.72. The molecule has 3 rings (SSSR count). The first kappa shape index (κ1) is 15.8. The van der Waals surface area contributed by atoms with Crippen LogP contribution in [0.5, 0.6) is 5.75 Å². The molecule has 23 heavy (non-hydrogen) atoms. The zero-order chi connectivity index (χ0) is 16.1. The number of ether oxygens (including phenoxy) is 2. The summed E-state index contributed by atoms with van der Waals surface area (Å²) in [6.45, 7) is 3.23. The molecule has 0 amide bonds. The summed E-state index contributed by atoms with van der Waals surface area (Å²) >= 11 is 0. The Morgan fingerprint density at radius 3 is 2.13 bits per heavy atom. The zero-order valence-electron chi connectivity index (χ0n) is 13.4. The van der Waals surface area contributed by atoms with Gasteiger partial charge >= 0.3 is 0 Å². The third-order valence-electron chi connectivity index (χ3n) is 3.80. The summed E-state index contributed by atoms with van der Waals surface area (Å²) in [4.78, 5) is 0. The molecule has 0 aliphatic heterocycles. The van der Waals surface area contributed by atoms with Crippen molar-refractivity contribution in [2.75, 3.05) is 19.8 Å². The second-order valence-electron chi connectivity index (χ2n) is 5.69. The van der Waals surface area contributed by atoms with Gasteiger partial charge in [0.1, 0.15) is 18.5 Å². The Bertz CT molecular complexity index is 728. The van der Waals surface area contributed by atoms with Gasteiger partial charge in [0.05, 0.1) is 6.61 Å². The Morgan fingerprint density at radius 2 is 1.52 bits per heavy atom. The van der Waals surface area contributed by atoms with E-state index in [1.807, 2.05) is 31.2 Å². The smallest absolute Gasteiger partial charge is 0.135 e. The highest BCUT2D eigenvalue weighted by Gasteiger charge is 2.11. The highest BCUT2D eigenvalue weighted by atomic mass is 16.5. The molecule has 0 heterocycles. The predicted molar refractivity (Wildman–Crippen MR) is 94.1 cm³/mol. The molecule has 0 bridgehead atoms. The van der Waals surface area contributed by atoms with E-state index >= 15 is 0 Å². The Labute approximate surface area is 136 Å². The minimum absolute atomic E-state index is 0.224. The van der Waals surface area contributed by atoms with Crippen LogP contribution in [0.2, 0.25) is 0 Å². The van der Waals surface area contributed by atoms with Crippen LogP contribution in [0.4, 0.5) is 0 Å². The maximum Gasteiger partial charge on any atom is 0.135 e. The summed E-state index contributed by atoms with van der Waals surface area (Å²) in [5.74, 6) is 0.827. The topological polar surface area (TPSA) is 38.7 Å². The third kappa shape index (κ3) is 3.63. The van der Waals surface area contributed by atoms with Crippen LogP contribution < -0.4 is 4.74 Å². The summed E-state index contributed by atoms with van der Waals surface area (Å²) < 4.78 is 11.4. The zero-order valence-corrected chi connectivity index (χ0v) is 13.4. The Kier molecular flexibility index (Phi) is 5.11. The maximum atomic E-state index is 10.0. The van der Waals surface area contributed by atoms with Crippen LogP contribution in [-0.4, -0.2) is 31.0 Å². The van der Waals surface area contributed by atoms with Crippen LogP contribution >= 0.6 is 0 Å². The first-order valence-corrected chi connectivity index (χ1v) is 8.08. The monoisotopic (exact) mass is 310 g/mol. The molecule has 0 aliphatic rings. The molecular weight excluding hydrogens is 288 g/mol. The van der Waals surface area contributed by atoms with Gasteiger partial charge in [-0.2, -0.15) is 0 Å². The van der Waals surface area contributed by atoms with Gasteiger partial charge in [-0.3, -0.25) is 0 Å². The Morgan fingerprint density at radius 1 is 0.913 bits per heavy atom. The molecule has 0 spiro atoms. The molecular formula is C20H22O3. The highest BCUT2D eigenvalue weighted by molar-refractivity contribution is 6.05. The van der Waals surface area contributed by atoms with E-state index in [1.165, 1.54) is 0 Å². The minimum atomic E-state index is -0.626. The fourth-order valence-electron chi connectivity index (χ4n) is 2.72. The Hall–Kier alpha value is -2.10. The van der Waals surface area contributed by atoms with Gasteiger partial charge in [0.15, 0.2) is 0 Å². The van der Waals surface area contributed by atoms with Gasteiger partial charge in [0.2, 0.25) is 0 Å². The molecule has 0 aromatic heterocycles. The molecule has 0 saturated heterocycles. The maximum absolute atomic E-state index is 10.0. The van der Waals surface area contributed by atoms with Crippen molar-refractivity contribution in [1.29, 1.82) is 0 Å². The van der Waals surface area contributed by atoms with Crippen molar-refractivity contribution in [2.24, 2.45) is 0 Å². The number of rotatable bonds is 7. The lowest BCUT2D eigenvalue weighted by Gasteiger charge is -2.16. The number of hydrogen-bond acceptors (Lipinski definition) is 3. The second kappa shape index (κ2) is 7.44. The largest absolute Gasteiger partial charge is 0.489 e. The van der Waals surface area contributed by atoms with Crippen molar-refractivity contribution < 1.29 is 14.6 Å². The summed E-state index contributed by atoms with van der Waals surface area (Å²) in [7, 11) is 0. The van der Waals surface area contributed by atoms with Gasteiger partial charge in [-0.1, -0.05) is 55.5 Å². The number of aliphatic hydroxyl groups is 1. The van der Waals surface area contributed by atoms with Gasteiger partial charge < -0.3 is 14.6 Å². The molecule has 3 heteroatoms. The molecule has 1 unspecified atom stereocenters. The van der Waals surface area contributed by atoms with Crippen LogP contribution in [0.1, 0.15) is 13.3 Å². The van der Waals surface area contributed by atoms with E-state index in [-0.39, 0.29) is 6.61 Å². The lowest BCUT2D eigenvalue weighted by molar-refractivity contribution is 0.0129. The quantitative estimate of drug-likeness (QED) is 0.526. The molecule has 0 aliphatic carbocycles. The molecule has 0 saturated carbocycles. The summed E-state index contributed by atoms with van der Waals surface area (Å²) in [6.07, 6.45) is 0.320. The summed E-state index contributed by atoms with van der Waals surface area (Å²) in [5.41, 5.74) is 0. The molecule has 3 nitrogen and oxygen atoms in total. The third-order valence-corrected chi connectivity index (χ3v) is 3.80. The lowest BCUT2D eigenvalue weighted by Crippen LogP contribution is -2.23. The van der Waals surface area contributed by atoms with Gasteiger partial charge in [-0.05, 0) is 23.3 Å². The first-order chi connectivity index (χ1) is 11.3. The molecule has 1 atom stereocenters. The van der Waals surface area contributed by atoms with E-state index in [9.17, 15) is 5.11 Å². The molecule has 120 valence electrons. The van der Waals surface area contributed by atoms with Crippen LogP contribution in [0.3, 0.4) is 0 Å². The van der Waals surface area contributed by atoms with Gasteiger partial charge in [-0.15, -0.1) is 0 Å². The normalized spacial score (nSPS) is 12.6. The van der Waals surface area contributed by atoms with Crippen LogP contribution in [0, 0.1) is 0 Å². The molecule has 3 aromatic carbocycles. The SMILES string of the molecule is CCCOCC(O)COc1c2ccccc2cc2ccccc12. The minimum Gasteiger partial charge on any atom is -0.489 e. The van der Waals surface area contributed by atoms with Crippen LogP contribution in [-0.2, 0) is 4.74 Å². The summed E-state index contributed by atoms with van der Waals surface area (Å²) in [6, 6.07) is 18.5. The second-order valence-corrected chi connectivity index (χ2v) is 5.69. The van der Waals surface area contributed by atoms with Crippen LogP contribution in [0.15, 0.2) is 54.6 Å². The number of hydrogen-bond donors (Lipinski definition) is 1. The van der Waals surface area contributed by atoms with E-state index in [4.69, 9.17) is 9.47 Å². The van der Waals surface area contributed by atoms with Crippen molar-refractivity contribution in [3.8, 4) is 5.75 Å². The van der Waals surface area contributed by atoms with E-state index in [2.05, 4.69) is 30.3 Å². The highest BCUT2D eigenvalue weighted by Crippen LogP contribution is 2.34. The standard InChI is InChI=1S/C20H22O3/c1-2-11-22-13-17(21)14-23-20-18-9-5-3-7-15(18)12-16-8-4-6-10-19(16)20/h3-10,12,17,21H,2,11,13-14H2,1H3. The summed E-state index contributed by atoms with van der Waals surface area (Å²) in [5, 5.41) is 14.4. The molecule has 0 fully saturated rings. The average molecular weight is 310 g/mol. The van der Waals surface area contributed by atoms with Crippen molar-refractivity contribution in [2.45, 2.75) is 19.4 Å². The van der Waals surface area contributed by atoms with E-state index < -0.39 is 6.10 Å². The van der Waals surface area contributed by atoms with Gasteiger partial charge in [0, 0.05) is 17.4 Å². The molecule has 1 N–H and O–H groups in total. The fraction of sp³-hybridized carbons (Fsp3) is 0.300. The predicted octanol–water partition coefficient (Wildman–Crippen LogP) is 4.16. The van der Waals surface area contributed by atoms with E-state index in [0.29, 0.717) is 13.2 Å².